The third-order valence-electron chi connectivity index (χ3n) is 6.24. The Hall–Kier alpha value is -2.48. The second-order valence-electron chi connectivity index (χ2n) is 10.3. The van der Waals surface area contributed by atoms with Gasteiger partial charge in [0.1, 0.15) is 5.82 Å². The summed E-state index contributed by atoms with van der Waals surface area (Å²) >= 11 is 0. The first-order valence-corrected chi connectivity index (χ1v) is 12.7. The lowest BCUT2D eigenvalue weighted by Gasteiger charge is -2.33. The van der Waals surface area contributed by atoms with Crippen LogP contribution in [-0.2, 0) is 9.84 Å². The van der Waals surface area contributed by atoms with Gasteiger partial charge < -0.3 is 10.2 Å². The zero-order valence-corrected chi connectivity index (χ0v) is 19.6. The van der Waals surface area contributed by atoms with E-state index in [1.54, 1.807) is 12.1 Å². The fourth-order valence-corrected chi connectivity index (χ4v) is 6.23. The number of nitrogens with one attached hydrogen (secondary N) is 1. The van der Waals surface area contributed by atoms with Crippen molar-refractivity contribution in [3.63, 3.8) is 0 Å². The van der Waals surface area contributed by atoms with E-state index < -0.39 is 21.7 Å². The van der Waals surface area contributed by atoms with Gasteiger partial charge in [0.2, 0.25) is 5.95 Å². The first-order chi connectivity index (χ1) is 15.0. The van der Waals surface area contributed by atoms with Gasteiger partial charge in [0.05, 0.1) is 16.2 Å². The van der Waals surface area contributed by atoms with Gasteiger partial charge in [0.25, 0.3) is 5.91 Å². The van der Waals surface area contributed by atoms with E-state index in [-0.39, 0.29) is 21.6 Å². The molecule has 0 atom stereocenters. The highest BCUT2D eigenvalue weighted by Gasteiger charge is 2.45. The second kappa shape index (κ2) is 8.14. The molecule has 8 heteroatoms. The van der Waals surface area contributed by atoms with Crippen molar-refractivity contribution in [2.45, 2.75) is 51.3 Å². The van der Waals surface area contributed by atoms with Crippen molar-refractivity contribution in [1.82, 2.24) is 4.98 Å². The zero-order chi connectivity index (χ0) is 23.1. The Balaban J connectivity index is 1.55. The molecule has 2 aliphatic rings. The lowest BCUT2D eigenvalue weighted by atomic mass is 9.93. The van der Waals surface area contributed by atoms with E-state index in [9.17, 15) is 17.6 Å². The van der Waals surface area contributed by atoms with Crippen molar-refractivity contribution < 1.29 is 17.6 Å². The highest BCUT2D eigenvalue weighted by molar-refractivity contribution is 7.91. The van der Waals surface area contributed by atoms with E-state index in [0.29, 0.717) is 16.9 Å². The Morgan fingerprint density at radius 1 is 1.12 bits per heavy atom. The molecule has 172 valence electrons. The number of piperidine rings is 1. The number of carbonyl (C=O) groups excluding carboxylic acids is 1. The van der Waals surface area contributed by atoms with Gasteiger partial charge in [-0.25, -0.2) is 13.4 Å². The number of carbonyl (C=O) groups is 1. The van der Waals surface area contributed by atoms with Gasteiger partial charge in [-0.1, -0.05) is 26.8 Å². The van der Waals surface area contributed by atoms with Crippen LogP contribution in [0.25, 0.3) is 0 Å². The van der Waals surface area contributed by atoms with E-state index in [0.717, 1.165) is 25.9 Å². The molecule has 1 aliphatic carbocycles. The number of nitrogens with zero attached hydrogens (tertiary/aromatic N) is 2. The number of rotatable bonds is 5. The number of anilines is 2. The van der Waals surface area contributed by atoms with E-state index >= 15 is 0 Å². The van der Waals surface area contributed by atoms with Crippen molar-refractivity contribution >= 4 is 27.2 Å². The maximum Gasteiger partial charge on any atom is 0.259 e. The van der Waals surface area contributed by atoms with Gasteiger partial charge in [-0.3, -0.25) is 4.79 Å². The Labute approximate surface area is 189 Å². The van der Waals surface area contributed by atoms with Crippen LogP contribution in [0, 0.1) is 16.8 Å². The molecule has 0 radical (unpaired) electrons. The Bertz CT molecular complexity index is 1130. The molecular weight excluding hydrogens is 429 g/mol. The van der Waals surface area contributed by atoms with Crippen molar-refractivity contribution in [3.8, 4) is 0 Å². The molecule has 1 saturated heterocycles. The Kier molecular flexibility index (Phi) is 5.77. The summed E-state index contributed by atoms with van der Waals surface area (Å²) < 4.78 is 39.4. The van der Waals surface area contributed by atoms with Gasteiger partial charge >= 0.3 is 0 Å². The number of hydrogen-bond donors (Lipinski definition) is 1. The maximum absolute atomic E-state index is 13.9. The summed E-state index contributed by atoms with van der Waals surface area (Å²) in [6.45, 7) is 7.09. The van der Waals surface area contributed by atoms with Gasteiger partial charge in [-0.2, -0.15) is 4.39 Å². The first-order valence-electron chi connectivity index (χ1n) is 11.0. The molecule has 1 saturated carbocycles. The van der Waals surface area contributed by atoms with Crippen LogP contribution in [0.2, 0.25) is 0 Å². The van der Waals surface area contributed by atoms with Crippen molar-refractivity contribution in [2.24, 2.45) is 10.8 Å². The third-order valence-corrected chi connectivity index (χ3v) is 8.46. The van der Waals surface area contributed by atoms with Gasteiger partial charge in [0.15, 0.2) is 9.84 Å². The Morgan fingerprint density at radius 2 is 1.81 bits per heavy atom. The molecule has 1 aromatic carbocycles. The minimum Gasteiger partial charge on any atom is -0.356 e. The van der Waals surface area contributed by atoms with Crippen LogP contribution in [0.3, 0.4) is 0 Å². The molecule has 4 rings (SSSR count). The average Bonchev–Trinajstić information content (AvgIpc) is 3.45. The molecule has 1 aliphatic heterocycles. The van der Waals surface area contributed by atoms with Crippen LogP contribution in [0.15, 0.2) is 41.3 Å². The summed E-state index contributed by atoms with van der Waals surface area (Å²) in [5.74, 6) is -0.725. The molecule has 2 fully saturated rings. The monoisotopic (exact) mass is 459 g/mol. The summed E-state index contributed by atoms with van der Waals surface area (Å²) in [6, 6.07) is 8.86. The minimum atomic E-state index is -3.50. The minimum absolute atomic E-state index is 0.000118. The van der Waals surface area contributed by atoms with Crippen LogP contribution < -0.4 is 10.2 Å². The van der Waals surface area contributed by atoms with Crippen molar-refractivity contribution in [2.75, 3.05) is 29.1 Å². The lowest BCUT2D eigenvalue weighted by molar-refractivity contribution is 0.102. The standard InChI is InChI=1S/C24H30FN3O3S/c1-23(2,3)16-32(30,31)18-6-4-5-17(15-18)26-22(29)19-7-8-20(25)27-21(19)28-13-11-24(9-10-24)12-14-28/h4-8,15H,9-14,16H2,1-3H3,(H,26,29). The first kappa shape index (κ1) is 22.7. The molecule has 0 unspecified atom stereocenters. The summed E-state index contributed by atoms with van der Waals surface area (Å²) in [5.41, 5.74) is 0.711. The van der Waals surface area contributed by atoms with E-state index in [4.69, 9.17) is 0 Å². The van der Waals surface area contributed by atoms with Crippen molar-refractivity contribution in [3.05, 3.63) is 47.9 Å². The van der Waals surface area contributed by atoms with Gasteiger partial charge in [0, 0.05) is 18.8 Å². The average molecular weight is 460 g/mol. The fourth-order valence-electron chi connectivity index (χ4n) is 4.33. The largest absolute Gasteiger partial charge is 0.356 e. The third kappa shape index (κ3) is 5.11. The summed E-state index contributed by atoms with van der Waals surface area (Å²) in [4.78, 5) is 19.2. The van der Waals surface area contributed by atoms with Crippen molar-refractivity contribution in [1.29, 1.82) is 0 Å². The fraction of sp³-hybridized carbons (Fsp3) is 0.500. The van der Waals surface area contributed by atoms with E-state index in [1.807, 2.05) is 25.7 Å². The zero-order valence-electron chi connectivity index (χ0n) is 18.8. The number of pyridine rings is 1. The number of hydrogen-bond acceptors (Lipinski definition) is 5. The van der Waals surface area contributed by atoms with Crippen LogP contribution >= 0.6 is 0 Å². The predicted octanol–water partition coefficient (Wildman–Crippen LogP) is 4.67. The predicted molar refractivity (Wildman–Crippen MR) is 123 cm³/mol. The summed E-state index contributed by atoms with van der Waals surface area (Å²) in [7, 11) is -3.50. The molecule has 1 spiro atoms. The molecular formula is C24H30FN3O3S. The number of halogens is 1. The maximum atomic E-state index is 13.9. The number of sulfone groups is 1. The molecule has 1 aromatic heterocycles. The smallest absolute Gasteiger partial charge is 0.259 e. The topological polar surface area (TPSA) is 79.4 Å². The lowest BCUT2D eigenvalue weighted by Crippen LogP contribution is -2.36. The normalized spacial score (nSPS) is 17.9. The van der Waals surface area contributed by atoms with Crippen LogP contribution in [-0.4, -0.2) is 38.2 Å². The quantitative estimate of drug-likeness (QED) is 0.657. The van der Waals surface area contributed by atoms with E-state index in [1.165, 1.54) is 37.1 Å². The summed E-state index contributed by atoms with van der Waals surface area (Å²) in [6.07, 6.45) is 4.55. The molecule has 2 aromatic rings. The van der Waals surface area contributed by atoms with Crippen LogP contribution in [0.5, 0.6) is 0 Å². The molecule has 1 N–H and O–H groups in total. The van der Waals surface area contributed by atoms with Crippen LogP contribution in [0.1, 0.15) is 56.8 Å². The summed E-state index contributed by atoms with van der Waals surface area (Å²) in [5, 5.41) is 2.77. The molecule has 0 bridgehead atoms. The molecule has 32 heavy (non-hydrogen) atoms. The van der Waals surface area contributed by atoms with Crippen LogP contribution in [0.4, 0.5) is 15.9 Å². The number of aromatic nitrogens is 1. The SMILES string of the molecule is CC(C)(C)CS(=O)(=O)c1cccc(NC(=O)c2ccc(F)nc2N2CCC3(CC2)CC3)c1. The van der Waals surface area contributed by atoms with Gasteiger partial charge in [-0.05, 0) is 66.8 Å². The van der Waals surface area contributed by atoms with E-state index in [2.05, 4.69) is 10.3 Å². The van der Waals surface area contributed by atoms with Gasteiger partial charge in [-0.15, -0.1) is 0 Å². The number of amides is 1. The highest BCUT2D eigenvalue weighted by atomic mass is 32.2. The molecule has 6 nitrogen and oxygen atoms in total. The molecule has 1 amide bonds. The highest BCUT2D eigenvalue weighted by Crippen LogP contribution is 2.54. The Morgan fingerprint density at radius 3 is 2.44 bits per heavy atom. The number of benzene rings is 1. The molecule has 2 heterocycles. The second-order valence-corrected chi connectivity index (χ2v) is 12.3.